The zero-order valence-electron chi connectivity index (χ0n) is 16.3. The normalized spacial score (nSPS) is 10.4. The van der Waals surface area contributed by atoms with Gasteiger partial charge < -0.3 is 15.0 Å². The highest BCUT2D eigenvalue weighted by Crippen LogP contribution is 2.23. The Balaban J connectivity index is 1.84. The molecule has 144 valence electrons. The lowest BCUT2D eigenvalue weighted by Gasteiger charge is -2.20. The SMILES string of the molecule is CCOC(=O)c1ccccc1Nc1cc(N(C)Cc2ccccc2)nc(C)n1. The summed E-state index contributed by atoms with van der Waals surface area (Å²) in [4.78, 5) is 23.3. The molecule has 0 saturated carbocycles. The molecule has 0 fully saturated rings. The number of esters is 1. The summed E-state index contributed by atoms with van der Waals surface area (Å²) in [5.41, 5.74) is 2.32. The van der Waals surface area contributed by atoms with E-state index in [1.54, 1.807) is 13.0 Å². The van der Waals surface area contributed by atoms with E-state index >= 15 is 0 Å². The van der Waals surface area contributed by atoms with Gasteiger partial charge in [0.1, 0.15) is 17.5 Å². The van der Waals surface area contributed by atoms with Crippen LogP contribution in [0.1, 0.15) is 28.7 Å². The Morgan fingerprint density at radius 3 is 2.54 bits per heavy atom. The minimum absolute atomic E-state index is 0.328. The van der Waals surface area contributed by atoms with E-state index in [1.165, 1.54) is 5.56 Å². The van der Waals surface area contributed by atoms with Crippen LogP contribution in [0.3, 0.4) is 0 Å². The number of hydrogen-bond acceptors (Lipinski definition) is 6. The molecule has 6 heteroatoms. The van der Waals surface area contributed by atoms with Gasteiger partial charge >= 0.3 is 5.97 Å². The Kier molecular flexibility index (Phi) is 6.22. The zero-order valence-corrected chi connectivity index (χ0v) is 16.3. The third-order valence-corrected chi connectivity index (χ3v) is 4.16. The van der Waals surface area contributed by atoms with E-state index in [0.717, 1.165) is 12.4 Å². The summed E-state index contributed by atoms with van der Waals surface area (Å²) in [6, 6.07) is 19.3. The first kappa shape index (κ1) is 19.4. The number of nitrogens with zero attached hydrogens (tertiary/aromatic N) is 3. The van der Waals surface area contributed by atoms with Gasteiger partial charge in [0.25, 0.3) is 0 Å². The van der Waals surface area contributed by atoms with Crippen LogP contribution in [0.15, 0.2) is 60.7 Å². The molecule has 0 radical (unpaired) electrons. The number of hydrogen-bond donors (Lipinski definition) is 1. The zero-order chi connectivity index (χ0) is 19.9. The third-order valence-electron chi connectivity index (χ3n) is 4.16. The quantitative estimate of drug-likeness (QED) is 0.619. The van der Waals surface area contributed by atoms with Crippen molar-refractivity contribution in [2.75, 3.05) is 23.9 Å². The lowest BCUT2D eigenvalue weighted by atomic mass is 10.2. The molecule has 2 aromatic carbocycles. The Labute approximate surface area is 165 Å². The fourth-order valence-corrected chi connectivity index (χ4v) is 2.87. The molecule has 0 unspecified atom stereocenters. The highest BCUT2D eigenvalue weighted by atomic mass is 16.5. The molecule has 3 rings (SSSR count). The van der Waals surface area contributed by atoms with Crippen molar-refractivity contribution in [3.63, 3.8) is 0 Å². The van der Waals surface area contributed by atoms with Gasteiger partial charge in [0, 0.05) is 19.7 Å². The average Bonchev–Trinajstić information content (AvgIpc) is 2.69. The molecule has 1 aromatic heterocycles. The monoisotopic (exact) mass is 376 g/mol. The van der Waals surface area contributed by atoms with Crippen LogP contribution in [0.25, 0.3) is 0 Å². The lowest BCUT2D eigenvalue weighted by Crippen LogP contribution is -2.18. The van der Waals surface area contributed by atoms with Gasteiger partial charge in [-0.1, -0.05) is 42.5 Å². The molecular weight excluding hydrogens is 352 g/mol. The lowest BCUT2D eigenvalue weighted by molar-refractivity contribution is 0.0527. The van der Waals surface area contributed by atoms with Crippen molar-refractivity contribution in [1.29, 1.82) is 0 Å². The summed E-state index contributed by atoms with van der Waals surface area (Å²) in [5, 5.41) is 3.23. The van der Waals surface area contributed by atoms with Crippen LogP contribution < -0.4 is 10.2 Å². The first-order valence-corrected chi connectivity index (χ1v) is 9.20. The first-order valence-electron chi connectivity index (χ1n) is 9.20. The number of rotatable bonds is 7. The number of aryl methyl sites for hydroxylation is 1. The van der Waals surface area contributed by atoms with Crippen molar-refractivity contribution in [1.82, 2.24) is 9.97 Å². The minimum Gasteiger partial charge on any atom is -0.462 e. The number of benzene rings is 2. The smallest absolute Gasteiger partial charge is 0.340 e. The summed E-state index contributed by atoms with van der Waals surface area (Å²) in [6.07, 6.45) is 0. The second-order valence-corrected chi connectivity index (χ2v) is 6.39. The van der Waals surface area contributed by atoms with E-state index in [4.69, 9.17) is 4.74 Å². The second kappa shape index (κ2) is 8.99. The summed E-state index contributed by atoms with van der Waals surface area (Å²) in [6.45, 7) is 4.70. The number of ether oxygens (including phenoxy) is 1. The first-order chi connectivity index (χ1) is 13.6. The molecule has 3 aromatic rings. The predicted molar refractivity (Wildman–Crippen MR) is 111 cm³/mol. The molecule has 6 nitrogen and oxygen atoms in total. The van der Waals surface area contributed by atoms with Crippen molar-refractivity contribution in [3.05, 3.63) is 77.6 Å². The van der Waals surface area contributed by atoms with Crippen LogP contribution in [0.5, 0.6) is 0 Å². The fraction of sp³-hybridized carbons (Fsp3) is 0.227. The molecular formula is C22H24N4O2. The van der Waals surface area contributed by atoms with Crippen LogP contribution >= 0.6 is 0 Å². The van der Waals surface area contributed by atoms with Gasteiger partial charge in [-0.15, -0.1) is 0 Å². The van der Waals surface area contributed by atoms with E-state index < -0.39 is 0 Å². The van der Waals surface area contributed by atoms with Gasteiger partial charge in [-0.25, -0.2) is 14.8 Å². The van der Waals surface area contributed by atoms with Gasteiger partial charge in [0.2, 0.25) is 0 Å². The maximum Gasteiger partial charge on any atom is 0.340 e. The molecule has 0 saturated heterocycles. The van der Waals surface area contributed by atoms with Gasteiger partial charge in [-0.05, 0) is 31.5 Å². The van der Waals surface area contributed by atoms with E-state index in [-0.39, 0.29) is 5.97 Å². The van der Waals surface area contributed by atoms with Gasteiger partial charge in [-0.2, -0.15) is 0 Å². The number of aromatic nitrogens is 2. The molecule has 1 N–H and O–H groups in total. The van der Waals surface area contributed by atoms with Crippen molar-refractivity contribution in [2.45, 2.75) is 20.4 Å². The topological polar surface area (TPSA) is 67.3 Å². The summed E-state index contributed by atoms with van der Waals surface area (Å²) in [7, 11) is 1.99. The Hall–Kier alpha value is -3.41. The molecule has 0 amide bonds. The van der Waals surface area contributed by atoms with Crippen molar-refractivity contribution < 1.29 is 9.53 Å². The van der Waals surface area contributed by atoms with Gasteiger partial charge in [-0.3, -0.25) is 0 Å². The fourth-order valence-electron chi connectivity index (χ4n) is 2.87. The maximum absolute atomic E-state index is 12.2. The Morgan fingerprint density at radius 1 is 1.07 bits per heavy atom. The molecule has 1 heterocycles. The molecule has 0 bridgehead atoms. The minimum atomic E-state index is -0.363. The highest BCUT2D eigenvalue weighted by Gasteiger charge is 2.14. The molecule has 0 aliphatic rings. The van der Waals surface area contributed by atoms with E-state index in [9.17, 15) is 4.79 Å². The number of carbonyl (C=O) groups is 1. The molecule has 0 atom stereocenters. The van der Waals surface area contributed by atoms with Gasteiger partial charge in [0.05, 0.1) is 17.9 Å². The van der Waals surface area contributed by atoms with Gasteiger partial charge in [0.15, 0.2) is 0 Å². The standard InChI is InChI=1S/C22H24N4O2/c1-4-28-22(27)18-12-8-9-13-19(18)25-20-14-21(24-16(2)23-20)26(3)15-17-10-6-5-7-11-17/h5-14H,4,15H2,1-3H3,(H,23,24,25). The Morgan fingerprint density at radius 2 is 1.79 bits per heavy atom. The molecule has 0 spiro atoms. The Bertz CT molecular complexity index is 944. The van der Waals surface area contributed by atoms with E-state index in [2.05, 4.69) is 32.3 Å². The van der Waals surface area contributed by atoms with Crippen LogP contribution in [0, 0.1) is 6.92 Å². The number of anilines is 3. The largest absolute Gasteiger partial charge is 0.462 e. The van der Waals surface area contributed by atoms with Crippen LogP contribution in [0.2, 0.25) is 0 Å². The third kappa shape index (κ3) is 4.85. The second-order valence-electron chi connectivity index (χ2n) is 6.39. The summed E-state index contributed by atoms with van der Waals surface area (Å²) >= 11 is 0. The van der Waals surface area contributed by atoms with Crippen molar-refractivity contribution >= 4 is 23.3 Å². The number of nitrogens with one attached hydrogen (secondary N) is 1. The predicted octanol–water partition coefficient (Wildman–Crippen LogP) is 4.34. The molecule has 28 heavy (non-hydrogen) atoms. The van der Waals surface area contributed by atoms with E-state index in [1.807, 2.05) is 56.4 Å². The average molecular weight is 376 g/mol. The van der Waals surface area contributed by atoms with Crippen LogP contribution in [0.4, 0.5) is 17.3 Å². The number of para-hydroxylation sites is 1. The van der Waals surface area contributed by atoms with Crippen molar-refractivity contribution in [2.24, 2.45) is 0 Å². The van der Waals surface area contributed by atoms with Crippen molar-refractivity contribution in [3.8, 4) is 0 Å². The van der Waals surface area contributed by atoms with E-state index in [0.29, 0.717) is 29.5 Å². The molecule has 0 aliphatic heterocycles. The molecule has 0 aliphatic carbocycles. The summed E-state index contributed by atoms with van der Waals surface area (Å²) < 4.78 is 5.14. The maximum atomic E-state index is 12.2. The number of carbonyl (C=O) groups excluding carboxylic acids is 1. The highest BCUT2D eigenvalue weighted by molar-refractivity contribution is 5.96. The van der Waals surface area contributed by atoms with Crippen LogP contribution in [-0.4, -0.2) is 29.6 Å². The summed E-state index contributed by atoms with van der Waals surface area (Å²) in [5.74, 6) is 1.71. The van der Waals surface area contributed by atoms with Crippen LogP contribution in [-0.2, 0) is 11.3 Å².